The molecule has 2 N–H and O–H groups in total. The summed E-state index contributed by atoms with van der Waals surface area (Å²) in [6, 6.07) is 4.84. The monoisotopic (exact) mass is 321 g/mol. The van der Waals surface area contributed by atoms with Crippen LogP contribution in [0.5, 0.6) is 0 Å². The smallest absolute Gasteiger partial charge is 0.407 e. The van der Waals surface area contributed by atoms with Crippen molar-refractivity contribution in [2.45, 2.75) is 31.3 Å². The van der Waals surface area contributed by atoms with Gasteiger partial charge in [0.1, 0.15) is 17.9 Å². The summed E-state index contributed by atoms with van der Waals surface area (Å²) in [6.07, 6.45) is -0.103. The normalized spacial score (nSPS) is 28.9. The van der Waals surface area contributed by atoms with E-state index in [1.807, 2.05) is 6.92 Å². The van der Waals surface area contributed by atoms with Gasteiger partial charge in [0.2, 0.25) is 0 Å². The van der Waals surface area contributed by atoms with Crippen LogP contribution in [0.3, 0.4) is 0 Å². The van der Waals surface area contributed by atoms with Crippen LogP contribution in [-0.4, -0.2) is 61.1 Å². The molecule has 8 heteroatoms. The first-order valence-corrected chi connectivity index (χ1v) is 7.58. The van der Waals surface area contributed by atoms with Crippen LogP contribution in [0, 0.1) is 0 Å². The third-order valence-electron chi connectivity index (χ3n) is 3.80. The van der Waals surface area contributed by atoms with E-state index in [1.165, 1.54) is 0 Å². The Morgan fingerprint density at radius 3 is 2.87 bits per heavy atom. The highest BCUT2D eigenvalue weighted by Gasteiger charge is 2.50. The van der Waals surface area contributed by atoms with Crippen molar-refractivity contribution in [3.05, 3.63) is 30.1 Å². The Kier molecular flexibility index (Phi) is 4.73. The number of aromatic nitrogens is 1. The lowest BCUT2D eigenvalue weighted by atomic mass is 10.1. The van der Waals surface area contributed by atoms with E-state index in [1.54, 1.807) is 24.4 Å². The highest BCUT2D eigenvalue weighted by atomic mass is 16.6. The third-order valence-corrected chi connectivity index (χ3v) is 3.80. The number of hydrogen-bond acceptors (Lipinski definition) is 6. The van der Waals surface area contributed by atoms with Gasteiger partial charge in [-0.1, -0.05) is 6.07 Å². The van der Waals surface area contributed by atoms with Crippen molar-refractivity contribution < 1.29 is 23.8 Å². The van der Waals surface area contributed by atoms with Crippen molar-refractivity contribution in [2.24, 2.45) is 0 Å². The minimum absolute atomic E-state index is 0.252. The van der Waals surface area contributed by atoms with Gasteiger partial charge in [0, 0.05) is 12.7 Å². The van der Waals surface area contributed by atoms with Crippen molar-refractivity contribution in [3.8, 4) is 0 Å². The lowest BCUT2D eigenvalue weighted by molar-refractivity contribution is 0.00408. The number of ether oxygens (including phenoxy) is 3. The number of fused-ring (bicyclic) bond motifs is 1. The standard InChI is InChI=1S/C15H19N3O5/c1-2-16-15(20)23-11-8-22-12-10(7-21-13(11)12)18-14(19)9-5-3-4-6-17-9/h3-6,10-13H,2,7-8H2,1H3,(H,16,20)(H,18,19). The molecule has 4 atom stereocenters. The van der Waals surface area contributed by atoms with Crippen LogP contribution < -0.4 is 10.6 Å². The molecule has 3 rings (SSSR count). The first-order chi connectivity index (χ1) is 11.2. The average Bonchev–Trinajstić information content (AvgIpc) is 3.12. The largest absolute Gasteiger partial charge is 0.441 e. The molecular weight excluding hydrogens is 302 g/mol. The molecule has 0 radical (unpaired) electrons. The fourth-order valence-electron chi connectivity index (χ4n) is 2.75. The summed E-state index contributed by atoms with van der Waals surface area (Å²) < 4.78 is 16.6. The summed E-state index contributed by atoms with van der Waals surface area (Å²) in [5.41, 5.74) is 0.337. The highest BCUT2D eigenvalue weighted by Crippen LogP contribution is 2.29. The van der Waals surface area contributed by atoms with Crippen LogP contribution in [0.1, 0.15) is 17.4 Å². The van der Waals surface area contributed by atoms with E-state index in [9.17, 15) is 9.59 Å². The molecule has 0 bridgehead atoms. The van der Waals surface area contributed by atoms with Gasteiger partial charge >= 0.3 is 6.09 Å². The SMILES string of the molecule is CCNC(=O)OC1COC2C(NC(=O)c3ccccn3)COC12. The molecule has 2 aliphatic heterocycles. The number of nitrogens with one attached hydrogen (secondary N) is 2. The maximum Gasteiger partial charge on any atom is 0.407 e. The number of rotatable bonds is 4. The fraction of sp³-hybridized carbons (Fsp3) is 0.533. The van der Waals surface area contributed by atoms with Gasteiger partial charge in [-0.05, 0) is 19.1 Å². The number of nitrogens with zero attached hydrogens (tertiary/aromatic N) is 1. The molecular formula is C15H19N3O5. The predicted molar refractivity (Wildman–Crippen MR) is 78.9 cm³/mol. The van der Waals surface area contributed by atoms with Crippen LogP contribution in [-0.2, 0) is 14.2 Å². The van der Waals surface area contributed by atoms with Gasteiger partial charge in [-0.3, -0.25) is 9.78 Å². The molecule has 0 spiro atoms. The second-order valence-electron chi connectivity index (χ2n) is 5.36. The van der Waals surface area contributed by atoms with Crippen molar-refractivity contribution in [2.75, 3.05) is 19.8 Å². The van der Waals surface area contributed by atoms with E-state index in [0.29, 0.717) is 18.8 Å². The molecule has 2 amide bonds. The molecule has 4 unspecified atom stereocenters. The zero-order valence-corrected chi connectivity index (χ0v) is 12.7. The van der Waals surface area contributed by atoms with Crippen LogP contribution in [0.15, 0.2) is 24.4 Å². The summed E-state index contributed by atoms with van der Waals surface area (Å²) in [4.78, 5) is 27.7. The number of carbonyl (C=O) groups excluding carboxylic acids is 2. The van der Waals surface area contributed by atoms with E-state index < -0.39 is 12.2 Å². The Hall–Kier alpha value is -2.19. The Balaban J connectivity index is 1.57. The quantitative estimate of drug-likeness (QED) is 0.815. The van der Waals surface area contributed by atoms with Gasteiger partial charge < -0.3 is 24.8 Å². The second-order valence-corrected chi connectivity index (χ2v) is 5.36. The number of alkyl carbamates (subject to hydrolysis) is 1. The Labute approximate surface area is 133 Å². The van der Waals surface area contributed by atoms with Crippen molar-refractivity contribution >= 4 is 12.0 Å². The molecule has 2 fully saturated rings. The van der Waals surface area contributed by atoms with Crippen LogP contribution in [0.25, 0.3) is 0 Å². The molecule has 0 saturated carbocycles. The van der Waals surface area contributed by atoms with Gasteiger partial charge in [-0.15, -0.1) is 0 Å². The molecule has 1 aromatic heterocycles. The van der Waals surface area contributed by atoms with E-state index in [-0.39, 0.29) is 30.8 Å². The molecule has 1 aromatic rings. The van der Waals surface area contributed by atoms with Crippen molar-refractivity contribution in [1.29, 1.82) is 0 Å². The maximum atomic E-state index is 12.2. The van der Waals surface area contributed by atoms with E-state index in [4.69, 9.17) is 14.2 Å². The zero-order valence-electron chi connectivity index (χ0n) is 12.7. The Morgan fingerprint density at radius 1 is 1.30 bits per heavy atom. The van der Waals surface area contributed by atoms with Crippen LogP contribution >= 0.6 is 0 Å². The lowest BCUT2D eigenvalue weighted by Crippen LogP contribution is -2.44. The number of hydrogen-bond donors (Lipinski definition) is 2. The van der Waals surface area contributed by atoms with Gasteiger partial charge in [-0.25, -0.2) is 4.79 Å². The third kappa shape index (κ3) is 3.43. The average molecular weight is 321 g/mol. The predicted octanol–water partition coefficient (Wildman–Crippen LogP) is 0.0923. The van der Waals surface area contributed by atoms with Crippen LogP contribution in [0.4, 0.5) is 4.79 Å². The molecule has 2 saturated heterocycles. The minimum Gasteiger partial charge on any atom is -0.441 e. The molecule has 0 aromatic carbocycles. The van der Waals surface area contributed by atoms with E-state index >= 15 is 0 Å². The summed E-state index contributed by atoms with van der Waals surface area (Å²) in [5.74, 6) is -0.281. The van der Waals surface area contributed by atoms with Gasteiger partial charge in [0.05, 0.1) is 19.3 Å². The number of amides is 2. The summed E-state index contributed by atoms with van der Waals surface area (Å²) in [7, 11) is 0. The Morgan fingerprint density at radius 2 is 2.13 bits per heavy atom. The summed E-state index contributed by atoms with van der Waals surface area (Å²) in [5, 5.41) is 5.43. The first kappa shape index (κ1) is 15.7. The molecule has 0 aliphatic carbocycles. The first-order valence-electron chi connectivity index (χ1n) is 7.58. The number of carbonyl (C=O) groups is 2. The summed E-state index contributed by atoms with van der Waals surface area (Å²) in [6.45, 7) is 2.86. The number of pyridine rings is 1. The van der Waals surface area contributed by atoms with E-state index in [2.05, 4.69) is 15.6 Å². The molecule has 3 heterocycles. The topological polar surface area (TPSA) is 98.8 Å². The summed E-state index contributed by atoms with van der Waals surface area (Å²) >= 11 is 0. The fourth-order valence-corrected chi connectivity index (χ4v) is 2.75. The molecule has 23 heavy (non-hydrogen) atoms. The Bertz CT molecular complexity index is 567. The van der Waals surface area contributed by atoms with Gasteiger partial charge in [-0.2, -0.15) is 0 Å². The molecule has 124 valence electrons. The van der Waals surface area contributed by atoms with Gasteiger partial charge in [0.15, 0.2) is 6.10 Å². The van der Waals surface area contributed by atoms with Gasteiger partial charge in [0.25, 0.3) is 5.91 Å². The molecule has 2 aliphatic rings. The second kappa shape index (κ2) is 6.93. The minimum atomic E-state index is -0.494. The zero-order chi connectivity index (χ0) is 16.2. The highest BCUT2D eigenvalue weighted by molar-refractivity contribution is 5.92. The van der Waals surface area contributed by atoms with E-state index in [0.717, 1.165) is 0 Å². The lowest BCUT2D eigenvalue weighted by Gasteiger charge is -2.17. The van der Waals surface area contributed by atoms with Crippen molar-refractivity contribution in [1.82, 2.24) is 15.6 Å². The van der Waals surface area contributed by atoms with Crippen molar-refractivity contribution in [3.63, 3.8) is 0 Å². The van der Waals surface area contributed by atoms with Crippen LogP contribution in [0.2, 0.25) is 0 Å². The molecule has 8 nitrogen and oxygen atoms in total. The maximum absolute atomic E-state index is 12.2.